The number of hydrogen-bond donors (Lipinski definition) is 1. The molecule has 4 nitrogen and oxygen atoms in total. The highest BCUT2D eigenvalue weighted by Gasteiger charge is 2.31. The Kier molecular flexibility index (Phi) is 4.89. The summed E-state index contributed by atoms with van der Waals surface area (Å²) in [5.74, 6) is 0.554. The summed E-state index contributed by atoms with van der Waals surface area (Å²) in [7, 11) is 0. The summed E-state index contributed by atoms with van der Waals surface area (Å²) in [4.78, 5) is 24.3. The van der Waals surface area contributed by atoms with Crippen LogP contribution in [-0.4, -0.2) is 18.3 Å². The maximum Gasteiger partial charge on any atom is 0.262 e. The van der Waals surface area contributed by atoms with Gasteiger partial charge >= 0.3 is 0 Å². The van der Waals surface area contributed by atoms with Crippen LogP contribution in [0, 0.1) is 10.5 Å². The predicted octanol–water partition coefficient (Wildman–Crippen LogP) is 4.31. The van der Waals surface area contributed by atoms with Crippen molar-refractivity contribution in [2.24, 2.45) is 0 Å². The minimum absolute atomic E-state index is 0.0919. The van der Waals surface area contributed by atoms with Crippen LogP contribution in [0.2, 0.25) is 0 Å². The standard InChI is InChI=1S/C19H18INO3/c1-11-6-7-16(19-15(22)8-12(2)18(11)19)24-10-17(23)21-14-5-3-4-13(20)9-14/h3-7,9,12H,8,10H2,1-2H3,(H,21,23)/t12-/m0/s1. The lowest BCUT2D eigenvalue weighted by molar-refractivity contribution is -0.118. The number of ketones is 1. The number of carbonyl (C=O) groups is 2. The Hall–Kier alpha value is -1.89. The van der Waals surface area contributed by atoms with E-state index in [0.29, 0.717) is 17.7 Å². The number of Topliss-reactive ketones (excluding diaryl/α,β-unsaturated/α-hetero) is 1. The Morgan fingerprint density at radius 2 is 2.12 bits per heavy atom. The molecular weight excluding hydrogens is 417 g/mol. The highest BCUT2D eigenvalue weighted by molar-refractivity contribution is 14.1. The van der Waals surface area contributed by atoms with Crippen LogP contribution >= 0.6 is 22.6 Å². The van der Waals surface area contributed by atoms with Gasteiger partial charge in [0.25, 0.3) is 5.91 Å². The topological polar surface area (TPSA) is 55.4 Å². The second-order valence-corrected chi connectivity index (χ2v) is 7.29. The molecule has 0 saturated heterocycles. The summed E-state index contributed by atoms with van der Waals surface area (Å²) in [5, 5.41) is 2.80. The van der Waals surface area contributed by atoms with Crippen LogP contribution in [0.1, 0.15) is 40.7 Å². The quantitative estimate of drug-likeness (QED) is 0.729. The number of nitrogens with one attached hydrogen (secondary N) is 1. The van der Waals surface area contributed by atoms with Gasteiger partial charge in [-0.05, 0) is 70.8 Å². The molecule has 0 bridgehead atoms. The summed E-state index contributed by atoms with van der Waals surface area (Å²) in [6.45, 7) is 3.92. The van der Waals surface area contributed by atoms with E-state index in [0.717, 1.165) is 20.4 Å². The van der Waals surface area contributed by atoms with Gasteiger partial charge in [-0.3, -0.25) is 9.59 Å². The highest BCUT2D eigenvalue weighted by atomic mass is 127. The lowest BCUT2D eigenvalue weighted by Crippen LogP contribution is -2.20. The van der Waals surface area contributed by atoms with Crippen LogP contribution in [0.3, 0.4) is 0 Å². The summed E-state index contributed by atoms with van der Waals surface area (Å²) >= 11 is 2.19. The highest BCUT2D eigenvalue weighted by Crippen LogP contribution is 2.40. The molecule has 0 radical (unpaired) electrons. The minimum atomic E-state index is -0.246. The molecule has 0 aromatic heterocycles. The molecular formula is C19H18INO3. The molecule has 1 N–H and O–H groups in total. The molecule has 1 atom stereocenters. The average Bonchev–Trinajstić information content (AvgIpc) is 2.83. The predicted molar refractivity (Wildman–Crippen MR) is 102 cm³/mol. The Morgan fingerprint density at radius 3 is 2.88 bits per heavy atom. The monoisotopic (exact) mass is 435 g/mol. The van der Waals surface area contributed by atoms with E-state index in [1.807, 2.05) is 44.2 Å². The van der Waals surface area contributed by atoms with Crippen LogP contribution in [0.4, 0.5) is 5.69 Å². The summed E-state index contributed by atoms with van der Waals surface area (Å²) in [6.07, 6.45) is 0.505. The van der Waals surface area contributed by atoms with Crippen LogP contribution in [-0.2, 0) is 4.79 Å². The first-order valence-corrected chi connectivity index (χ1v) is 8.88. The molecule has 0 unspecified atom stereocenters. The molecule has 3 rings (SSSR count). The van der Waals surface area contributed by atoms with E-state index in [9.17, 15) is 9.59 Å². The van der Waals surface area contributed by atoms with Gasteiger partial charge < -0.3 is 10.1 Å². The van der Waals surface area contributed by atoms with Crippen molar-refractivity contribution in [1.82, 2.24) is 0 Å². The molecule has 0 aliphatic heterocycles. The van der Waals surface area contributed by atoms with Crippen molar-refractivity contribution >= 4 is 40.0 Å². The molecule has 0 spiro atoms. The summed E-state index contributed by atoms with van der Waals surface area (Å²) < 4.78 is 6.70. The number of fused-ring (bicyclic) bond motifs is 1. The van der Waals surface area contributed by atoms with Gasteiger partial charge in [-0.25, -0.2) is 0 Å². The Bertz CT molecular complexity index is 816. The fourth-order valence-electron chi connectivity index (χ4n) is 3.14. The Labute approximate surface area is 154 Å². The van der Waals surface area contributed by atoms with E-state index in [1.165, 1.54) is 0 Å². The summed E-state index contributed by atoms with van der Waals surface area (Å²) in [6, 6.07) is 11.3. The van der Waals surface area contributed by atoms with Crippen molar-refractivity contribution in [1.29, 1.82) is 0 Å². The van der Waals surface area contributed by atoms with E-state index in [1.54, 1.807) is 6.07 Å². The maximum atomic E-state index is 12.2. The van der Waals surface area contributed by atoms with Gasteiger partial charge in [0.15, 0.2) is 12.4 Å². The number of hydrogen-bond acceptors (Lipinski definition) is 3. The van der Waals surface area contributed by atoms with Crippen molar-refractivity contribution < 1.29 is 14.3 Å². The van der Waals surface area contributed by atoms with Crippen molar-refractivity contribution in [2.45, 2.75) is 26.2 Å². The second kappa shape index (κ2) is 6.93. The van der Waals surface area contributed by atoms with E-state index in [-0.39, 0.29) is 24.2 Å². The minimum Gasteiger partial charge on any atom is -0.483 e. The van der Waals surface area contributed by atoms with Gasteiger partial charge in [0.1, 0.15) is 5.75 Å². The number of halogens is 1. The van der Waals surface area contributed by atoms with Crippen molar-refractivity contribution in [3.05, 3.63) is 56.7 Å². The van der Waals surface area contributed by atoms with E-state index < -0.39 is 0 Å². The Balaban J connectivity index is 1.72. The van der Waals surface area contributed by atoms with Crippen molar-refractivity contribution in [3.8, 4) is 5.75 Å². The number of aryl methyl sites for hydroxylation is 1. The number of anilines is 1. The maximum absolute atomic E-state index is 12.2. The van der Waals surface area contributed by atoms with Gasteiger partial charge in [0.05, 0.1) is 5.56 Å². The van der Waals surface area contributed by atoms with E-state index >= 15 is 0 Å². The zero-order valence-electron chi connectivity index (χ0n) is 13.6. The number of carbonyl (C=O) groups excluding carboxylic acids is 2. The fraction of sp³-hybridized carbons (Fsp3) is 0.263. The largest absolute Gasteiger partial charge is 0.483 e. The number of amides is 1. The van der Waals surface area contributed by atoms with Crippen LogP contribution < -0.4 is 10.1 Å². The zero-order valence-corrected chi connectivity index (χ0v) is 15.7. The van der Waals surface area contributed by atoms with Crippen LogP contribution in [0.25, 0.3) is 0 Å². The third kappa shape index (κ3) is 3.45. The zero-order chi connectivity index (χ0) is 17.3. The van der Waals surface area contributed by atoms with E-state index in [4.69, 9.17) is 4.74 Å². The number of benzene rings is 2. The number of rotatable bonds is 4. The molecule has 0 heterocycles. The van der Waals surface area contributed by atoms with Crippen molar-refractivity contribution in [2.75, 3.05) is 11.9 Å². The van der Waals surface area contributed by atoms with Gasteiger partial charge in [-0.1, -0.05) is 19.1 Å². The third-order valence-corrected chi connectivity index (χ3v) is 4.83. The molecule has 0 fully saturated rings. The van der Waals surface area contributed by atoms with Crippen LogP contribution in [0.15, 0.2) is 36.4 Å². The lowest BCUT2D eigenvalue weighted by Gasteiger charge is -2.13. The molecule has 1 aliphatic carbocycles. The first-order chi connectivity index (χ1) is 11.5. The molecule has 5 heteroatoms. The van der Waals surface area contributed by atoms with Gasteiger partial charge in [-0.2, -0.15) is 0 Å². The Morgan fingerprint density at radius 1 is 1.33 bits per heavy atom. The molecule has 1 amide bonds. The molecule has 2 aromatic rings. The summed E-state index contributed by atoms with van der Waals surface area (Å²) in [5.41, 5.74) is 3.52. The average molecular weight is 435 g/mol. The lowest BCUT2D eigenvalue weighted by atomic mass is 9.97. The fourth-order valence-corrected chi connectivity index (χ4v) is 3.68. The molecule has 24 heavy (non-hydrogen) atoms. The first kappa shape index (κ1) is 17.0. The molecule has 2 aromatic carbocycles. The van der Waals surface area contributed by atoms with Gasteiger partial charge in [0, 0.05) is 15.7 Å². The van der Waals surface area contributed by atoms with Gasteiger partial charge in [-0.15, -0.1) is 0 Å². The molecule has 0 saturated carbocycles. The number of ether oxygens (including phenoxy) is 1. The SMILES string of the molecule is Cc1ccc(OCC(=O)Nc2cccc(I)c2)c2c1[C@@H](C)CC2=O. The first-order valence-electron chi connectivity index (χ1n) is 7.80. The van der Waals surface area contributed by atoms with Gasteiger partial charge in [0.2, 0.25) is 0 Å². The van der Waals surface area contributed by atoms with E-state index in [2.05, 4.69) is 27.9 Å². The second-order valence-electron chi connectivity index (χ2n) is 6.04. The van der Waals surface area contributed by atoms with Crippen LogP contribution in [0.5, 0.6) is 5.75 Å². The smallest absolute Gasteiger partial charge is 0.262 e. The third-order valence-electron chi connectivity index (χ3n) is 4.16. The molecule has 1 aliphatic rings. The normalized spacial score (nSPS) is 16.0. The molecule has 124 valence electrons. The van der Waals surface area contributed by atoms with Crippen molar-refractivity contribution in [3.63, 3.8) is 0 Å².